The molecule has 0 atom stereocenters. The highest BCUT2D eigenvalue weighted by Gasteiger charge is 2.15. The molecule has 0 bridgehead atoms. The van der Waals surface area contributed by atoms with Crippen molar-refractivity contribution in [1.29, 1.82) is 0 Å². The maximum atomic E-state index is 13.3. The number of nitrogens with zero attached hydrogens (tertiary/aromatic N) is 4. The van der Waals surface area contributed by atoms with Gasteiger partial charge in [-0.3, -0.25) is 0 Å². The Morgan fingerprint density at radius 3 is 2.65 bits per heavy atom. The highest BCUT2D eigenvalue weighted by molar-refractivity contribution is 5.71. The Kier molecular flexibility index (Phi) is 4.26. The van der Waals surface area contributed by atoms with Crippen molar-refractivity contribution in [3.8, 4) is 11.4 Å². The van der Waals surface area contributed by atoms with E-state index in [1.807, 2.05) is 0 Å². The fraction of sp³-hybridized carbons (Fsp3) is 0.462. The van der Waals surface area contributed by atoms with Gasteiger partial charge in [-0.2, -0.15) is 0 Å². The Morgan fingerprint density at radius 1 is 1.25 bits per heavy atom. The van der Waals surface area contributed by atoms with E-state index in [4.69, 9.17) is 5.73 Å². The monoisotopic (exact) mass is 281 g/mol. The summed E-state index contributed by atoms with van der Waals surface area (Å²) in [6.45, 7) is 4.88. The molecule has 0 unspecified atom stereocenters. The number of tetrazole rings is 1. The topological polar surface area (TPSA) is 69.6 Å². The van der Waals surface area contributed by atoms with Crippen LogP contribution in [0, 0.1) is 17.6 Å². The van der Waals surface area contributed by atoms with Crippen molar-refractivity contribution in [3.05, 3.63) is 23.8 Å². The Balaban J connectivity index is 2.25. The predicted molar refractivity (Wildman–Crippen MR) is 71.7 cm³/mol. The molecule has 0 saturated heterocycles. The summed E-state index contributed by atoms with van der Waals surface area (Å²) in [5.41, 5.74) is 6.13. The highest BCUT2D eigenvalue weighted by Crippen LogP contribution is 2.26. The third-order valence-electron chi connectivity index (χ3n) is 3.02. The van der Waals surface area contributed by atoms with Crippen LogP contribution < -0.4 is 5.73 Å². The van der Waals surface area contributed by atoms with Crippen molar-refractivity contribution < 1.29 is 8.78 Å². The van der Waals surface area contributed by atoms with E-state index in [-0.39, 0.29) is 5.69 Å². The van der Waals surface area contributed by atoms with E-state index < -0.39 is 11.6 Å². The van der Waals surface area contributed by atoms with Crippen molar-refractivity contribution in [2.45, 2.75) is 33.2 Å². The standard InChI is InChI=1S/C13H17F2N5/c1-8(2)4-3-5-20-13(17-18-19-20)9-6-10(14)11(15)7-12(9)16/h6-8H,3-5,16H2,1-2H3. The number of nitrogen functional groups attached to an aromatic ring is 1. The van der Waals surface area contributed by atoms with E-state index in [1.54, 1.807) is 4.68 Å². The molecule has 0 spiro atoms. The van der Waals surface area contributed by atoms with Gasteiger partial charge in [-0.25, -0.2) is 13.5 Å². The predicted octanol–water partition coefficient (Wildman–Crippen LogP) is 2.64. The largest absolute Gasteiger partial charge is 0.398 e. The van der Waals surface area contributed by atoms with E-state index in [0.29, 0.717) is 23.9 Å². The molecule has 7 heteroatoms. The zero-order valence-electron chi connectivity index (χ0n) is 11.5. The number of anilines is 1. The third-order valence-corrected chi connectivity index (χ3v) is 3.02. The van der Waals surface area contributed by atoms with E-state index in [2.05, 4.69) is 29.4 Å². The van der Waals surface area contributed by atoms with Gasteiger partial charge in [-0.1, -0.05) is 13.8 Å². The summed E-state index contributed by atoms with van der Waals surface area (Å²) in [5, 5.41) is 11.3. The van der Waals surface area contributed by atoms with E-state index in [0.717, 1.165) is 25.0 Å². The van der Waals surface area contributed by atoms with Gasteiger partial charge >= 0.3 is 0 Å². The third kappa shape index (κ3) is 3.09. The fourth-order valence-corrected chi connectivity index (χ4v) is 1.95. The number of halogens is 2. The van der Waals surface area contributed by atoms with Crippen LogP contribution in [0.15, 0.2) is 12.1 Å². The van der Waals surface area contributed by atoms with Crippen LogP contribution in [0.2, 0.25) is 0 Å². The second-order valence-electron chi connectivity index (χ2n) is 5.12. The quantitative estimate of drug-likeness (QED) is 0.855. The maximum absolute atomic E-state index is 13.3. The summed E-state index contributed by atoms with van der Waals surface area (Å²) < 4.78 is 28.0. The van der Waals surface area contributed by atoms with E-state index >= 15 is 0 Å². The van der Waals surface area contributed by atoms with Crippen LogP contribution in [0.4, 0.5) is 14.5 Å². The molecule has 0 radical (unpaired) electrons. The lowest BCUT2D eigenvalue weighted by atomic mass is 10.1. The van der Waals surface area contributed by atoms with Crippen LogP contribution in [0.3, 0.4) is 0 Å². The number of nitrogens with two attached hydrogens (primary N) is 1. The van der Waals surface area contributed by atoms with Gasteiger partial charge in [0.05, 0.1) is 0 Å². The summed E-state index contributed by atoms with van der Waals surface area (Å²) >= 11 is 0. The average molecular weight is 281 g/mol. The van der Waals surface area contributed by atoms with Crippen LogP contribution in [-0.2, 0) is 6.54 Å². The molecule has 2 aromatic rings. The summed E-state index contributed by atoms with van der Waals surface area (Å²) in [6.07, 6.45) is 1.94. The molecule has 0 saturated carbocycles. The van der Waals surface area contributed by atoms with Crippen molar-refractivity contribution in [2.75, 3.05) is 5.73 Å². The molecule has 0 aliphatic rings. The van der Waals surface area contributed by atoms with Gasteiger partial charge in [-0.05, 0) is 35.3 Å². The van der Waals surface area contributed by atoms with E-state index in [1.165, 1.54) is 0 Å². The first-order chi connectivity index (χ1) is 9.49. The number of rotatable bonds is 5. The Hall–Kier alpha value is -2.05. The minimum absolute atomic E-state index is 0.115. The molecule has 108 valence electrons. The molecule has 1 aromatic heterocycles. The van der Waals surface area contributed by atoms with Crippen LogP contribution in [-0.4, -0.2) is 20.2 Å². The first-order valence-corrected chi connectivity index (χ1v) is 6.50. The smallest absolute Gasteiger partial charge is 0.184 e. The second kappa shape index (κ2) is 5.94. The minimum Gasteiger partial charge on any atom is -0.398 e. The Morgan fingerprint density at radius 2 is 1.95 bits per heavy atom. The first-order valence-electron chi connectivity index (χ1n) is 6.50. The van der Waals surface area contributed by atoms with Crippen molar-refractivity contribution in [1.82, 2.24) is 20.2 Å². The number of hydrogen-bond donors (Lipinski definition) is 1. The molecule has 0 aliphatic carbocycles. The van der Waals surface area contributed by atoms with Gasteiger partial charge in [0.15, 0.2) is 17.5 Å². The number of benzene rings is 1. The van der Waals surface area contributed by atoms with Crippen LogP contribution >= 0.6 is 0 Å². The van der Waals surface area contributed by atoms with Crippen LogP contribution in [0.1, 0.15) is 26.7 Å². The molecule has 5 nitrogen and oxygen atoms in total. The molecular weight excluding hydrogens is 264 g/mol. The Labute approximate surface area is 115 Å². The molecule has 0 amide bonds. The number of aryl methyl sites for hydroxylation is 1. The molecule has 0 aliphatic heterocycles. The van der Waals surface area contributed by atoms with Gasteiger partial charge in [0.25, 0.3) is 0 Å². The molecule has 1 aromatic carbocycles. The lowest BCUT2D eigenvalue weighted by molar-refractivity contribution is 0.484. The Bertz CT molecular complexity index is 594. The summed E-state index contributed by atoms with van der Waals surface area (Å²) in [7, 11) is 0. The molecular formula is C13H17F2N5. The van der Waals surface area contributed by atoms with Gasteiger partial charge in [0, 0.05) is 23.9 Å². The van der Waals surface area contributed by atoms with Gasteiger partial charge in [0.1, 0.15) is 0 Å². The van der Waals surface area contributed by atoms with E-state index in [9.17, 15) is 8.78 Å². The van der Waals surface area contributed by atoms with Crippen molar-refractivity contribution >= 4 is 5.69 Å². The van der Waals surface area contributed by atoms with Gasteiger partial charge in [0.2, 0.25) is 0 Å². The lowest BCUT2D eigenvalue weighted by Crippen LogP contribution is -2.06. The van der Waals surface area contributed by atoms with Crippen LogP contribution in [0.25, 0.3) is 11.4 Å². The first kappa shape index (κ1) is 14.4. The molecule has 20 heavy (non-hydrogen) atoms. The van der Waals surface area contributed by atoms with Gasteiger partial charge in [-0.15, -0.1) is 5.10 Å². The summed E-state index contributed by atoms with van der Waals surface area (Å²) in [5.74, 6) is -1.01. The summed E-state index contributed by atoms with van der Waals surface area (Å²) in [6, 6.07) is 1.97. The van der Waals surface area contributed by atoms with Crippen LogP contribution in [0.5, 0.6) is 0 Å². The lowest BCUT2D eigenvalue weighted by Gasteiger charge is -2.08. The molecule has 0 fully saturated rings. The SMILES string of the molecule is CC(C)CCCn1nnnc1-c1cc(F)c(F)cc1N. The molecule has 1 heterocycles. The normalized spacial score (nSPS) is 11.2. The number of hydrogen-bond acceptors (Lipinski definition) is 4. The zero-order chi connectivity index (χ0) is 14.7. The highest BCUT2D eigenvalue weighted by atomic mass is 19.2. The maximum Gasteiger partial charge on any atom is 0.184 e. The van der Waals surface area contributed by atoms with Crippen molar-refractivity contribution in [2.24, 2.45) is 5.92 Å². The average Bonchev–Trinajstić information content (AvgIpc) is 2.81. The number of aromatic nitrogens is 4. The fourth-order valence-electron chi connectivity index (χ4n) is 1.95. The zero-order valence-corrected chi connectivity index (χ0v) is 11.5. The van der Waals surface area contributed by atoms with Crippen molar-refractivity contribution in [3.63, 3.8) is 0 Å². The second-order valence-corrected chi connectivity index (χ2v) is 5.12. The van der Waals surface area contributed by atoms with Gasteiger partial charge < -0.3 is 5.73 Å². The molecule has 2 rings (SSSR count). The molecule has 2 N–H and O–H groups in total. The minimum atomic E-state index is -0.981. The summed E-state index contributed by atoms with van der Waals surface area (Å²) in [4.78, 5) is 0.